The minimum Gasteiger partial charge on any atom is -0.395 e. The number of benzene rings is 1. The normalized spacial score (nSPS) is 17.1. The van der Waals surface area contributed by atoms with E-state index in [2.05, 4.69) is 14.8 Å². The van der Waals surface area contributed by atoms with E-state index in [1.165, 1.54) is 17.7 Å². The van der Waals surface area contributed by atoms with Gasteiger partial charge in [-0.3, -0.25) is 0 Å². The summed E-state index contributed by atoms with van der Waals surface area (Å²) in [7, 11) is 0. The van der Waals surface area contributed by atoms with Crippen molar-refractivity contribution in [1.29, 1.82) is 0 Å². The van der Waals surface area contributed by atoms with Crippen molar-refractivity contribution in [3.05, 3.63) is 28.8 Å². The summed E-state index contributed by atoms with van der Waals surface area (Å²) >= 11 is 11.0. The van der Waals surface area contributed by atoms with Crippen LogP contribution in [0.5, 0.6) is 11.5 Å². The second-order valence-electron chi connectivity index (χ2n) is 3.24. The van der Waals surface area contributed by atoms with Gasteiger partial charge in [0.15, 0.2) is 11.5 Å². The summed E-state index contributed by atoms with van der Waals surface area (Å²) in [6.07, 6.45) is -3.60. The minimum atomic E-state index is -3.60. The Morgan fingerprint density at radius 1 is 1.35 bits per heavy atom. The average Bonchev–Trinajstić information content (AvgIpc) is 2.58. The van der Waals surface area contributed by atoms with Crippen LogP contribution in [0.3, 0.4) is 0 Å². The van der Waals surface area contributed by atoms with Crippen LogP contribution < -0.4 is 14.8 Å². The van der Waals surface area contributed by atoms with Crippen LogP contribution in [-0.4, -0.2) is 12.8 Å². The lowest BCUT2D eigenvalue weighted by Gasteiger charge is -2.05. The molecule has 0 saturated heterocycles. The molecule has 0 aromatic heterocycles. The number of nitrogens with one attached hydrogen (secondary N) is 1. The van der Waals surface area contributed by atoms with Crippen LogP contribution in [0.2, 0.25) is 0 Å². The van der Waals surface area contributed by atoms with Crippen molar-refractivity contribution in [2.24, 2.45) is 0 Å². The molecular weight excluding hydrogens is 275 g/mol. The van der Waals surface area contributed by atoms with Gasteiger partial charge in [0.05, 0.1) is 6.54 Å². The minimum absolute atomic E-state index is 0.000433. The summed E-state index contributed by atoms with van der Waals surface area (Å²) in [5.41, 5.74) is 1.79. The van der Waals surface area contributed by atoms with Gasteiger partial charge in [-0.05, 0) is 12.1 Å². The van der Waals surface area contributed by atoms with Crippen LogP contribution in [0.15, 0.2) is 28.8 Å². The fourth-order valence-electron chi connectivity index (χ4n) is 1.28. The number of ether oxygens (including phenoxy) is 2. The number of hydrogen-bond acceptors (Lipinski definition) is 3. The topological polar surface area (TPSA) is 30.5 Å². The Morgan fingerprint density at radius 2 is 2.06 bits per heavy atom. The SMILES string of the molecule is FC1(F)Oc2ccc(NCC(Cl)=CCl)cc2O1. The van der Waals surface area contributed by atoms with E-state index in [1.807, 2.05) is 0 Å². The summed E-state index contributed by atoms with van der Waals surface area (Å²) in [6.45, 7) is 0.293. The quantitative estimate of drug-likeness (QED) is 0.916. The zero-order chi connectivity index (χ0) is 12.5. The molecule has 0 unspecified atom stereocenters. The molecule has 0 atom stereocenters. The fourth-order valence-corrected chi connectivity index (χ4v) is 1.43. The first kappa shape index (κ1) is 12.3. The lowest BCUT2D eigenvalue weighted by atomic mass is 10.3. The van der Waals surface area contributed by atoms with E-state index in [4.69, 9.17) is 23.2 Å². The van der Waals surface area contributed by atoms with Gasteiger partial charge in [0.1, 0.15) is 0 Å². The number of hydrogen-bond donors (Lipinski definition) is 1. The molecule has 2 rings (SSSR count). The number of halogens is 4. The molecular formula is C10H7Cl2F2NO2. The van der Waals surface area contributed by atoms with Crippen molar-refractivity contribution in [2.45, 2.75) is 6.29 Å². The monoisotopic (exact) mass is 281 g/mol. The molecule has 1 aromatic rings. The van der Waals surface area contributed by atoms with Crippen LogP contribution in [-0.2, 0) is 0 Å². The molecule has 0 aliphatic carbocycles. The molecule has 0 radical (unpaired) electrons. The van der Waals surface area contributed by atoms with Gasteiger partial charge in [-0.1, -0.05) is 23.2 Å². The highest BCUT2D eigenvalue weighted by Crippen LogP contribution is 2.42. The lowest BCUT2D eigenvalue weighted by molar-refractivity contribution is -0.286. The Kier molecular flexibility index (Phi) is 3.31. The molecule has 0 saturated carbocycles. The van der Waals surface area contributed by atoms with E-state index in [1.54, 1.807) is 6.07 Å². The molecule has 0 bridgehead atoms. The van der Waals surface area contributed by atoms with E-state index in [9.17, 15) is 8.78 Å². The summed E-state index contributed by atoms with van der Waals surface area (Å²) in [4.78, 5) is 0. The highest BCUT2D eigenvalue weighted by atomic mass is 35.5. The maximum atomic E-state index is 12.7. The van der Waals surface area contributed by atoms with Gasteiger partial charge in [-0.15, -0.1) is 8.78 Å². The second-order valence-corrected chi connectivity index (χ2v) is 3.94. The number of anilines is 1. The van der Waals surface area contributed by atoms with E-state index < -0.39 is 6.29 Å². The molecule has 92 valence electrons. The maximum Gasteiger partial charge on any atom is 0.586 e. The zero-order valence-corrected chi connectivity index (χ0v) is 9.86. The predicted octanol–water partition coefficient (Wildman–Crippen LogP) is 3.74. The predicted molar refractivity (Wildman–Crippen MR) is 60.9 cm³/mol. The summed E-state index contributed by atoms with van der Waals surface area (Å²) in [5.74, 6) is -0.0227. The Hall–Kier alpha value is -1.20. The first-order chi connectivity index (χ1) is 8.00. The zero-order valence-electron chi connectivity index (χ0n) is 8.34. The molecule has 0 fully saturated rings. The molecule has 1 aliphatic heterocycles. The van der Waals surface area contributed by atoms with Gasteiger partial charge in [0.25, 0.3) is 0 Å². The number of alkyl halides is 2. The number of fused-ring (bicyclic) bond motifs is 1. The van der Waals surface area contributed by atoms with Crippen molar-refractivity contribution >= 4 is 28.9 Å². The van der Waals surface area contributed by atoms with Gasteiger partial charge in [-0.25, -0.2) is 0 Å². The van der Waals surface area contributed by atoms with Gasteiger partial charge in [0, 0.05) is 22.3 Å². The Labute approximate surface area is 106 Å². The Bertz CT molecular complexity index is 466. The molecule has 1 aliphatic rings. The van der Waals surface area contributed by atoms with E-state index >= 15 is 0 Å². The third kappa shape index (κ3) is 2.92. The highest BCUT2D eigenvalue weighted by molar-refractivity contribution is 6.36. The second kappa shape index (κ2) is 4.58. The maximum absolute atomic E-state index is 12.7. The van der Waals surface area contributed by atoms with Crippen LogP contribution >= 0.6 is 23.2 Å². The molecule has 7 heteroatoms. The van der Waals surface area contributed by atoms with Gasteiger partial charge < -0.3 is 14.8 Å². The van der Waals surface area contributed by atoms with Crippen molar-refractivity contribution in [1.82, 2.24) is 0 Å². The Balaban J connectivity index is 2.09. The van der Waals surface area contributed by atoms with Crippen molar-refractivity contribution in [2.75, 3.05) is 11.9 Å². The molecule has 1 N–H and O–H groups in total. The molecule has 0 spiro atoms. The first-order valence-corrected chi connectivity index (χ1v) is 5.40. The molecule has 1 heterocycles. The lowest BCUT2D eigenvalue weighted by Crippen LogP contribution is -2.25. The first-order valence-electron chi connectivity index (χ1n) is 4.59. The Morgan fingerprint density at radius 3 is 2.76 bits per heavy atom. The van der Waals surface area contributed by atoms with E-state index in [0.29, 0.717) is 17.3 Å². The summed E-state index contributed by atoms with van der Waals surface area (Å²) in [6, 6.07) is 4.35. The van der Waals surface area contributed by atoms with Gasteiger partial charge in [0.2, 0.25) is 0 Å². The number of rotatable bonds is 3. The van der Waals surface area contributed by atoms with E-state index in [-0.39, 0.29) is 11.5 Å². The largest absolute Gasteiger partial charge is 0.586 e. The smallest absolute Gasteiger partial charge is 0.395 e. The van der Waals surface area contributed by atoms with Crippen molar-refractivity contribution < 1.29 is 18.3 Å². The van der Waals surface area contributed by atoms with Gasteiger partial charge >= 0.3 is 6.29 Å². The van der Waals surface area contributed by atoms with Crippen LogP contribution in [0, 0.1) is 0 Å². The van der Waals surface area contributed by atoms with Crippen molar-refractivity contribution in [3.8, 4) is 11.5 Å². The molecule has 17 heavy (non-hydrogen) atoms. The van der Waals surface area contributed by atoms with E-state index in [0.717, 1.165) is 0 Å². The average molecular weight is 282 g/mol. The summed E-state index contributed by atoms with van der Waals surface area (Å²) < 4.78 is 34.0. The standard InChI is InChI=1S/C10H7Cl2F2NO2/c11-4-6(12)5-15-7-1-2-8-9(3-7)17-10(13,14)16-8/h1-4,15H,5H2. The molecule has 0 amide bonds. The van der Waals surface area contributed by atoms with Crippen LogP contribution in [0.4, 0.5) is 14.5 Å². The van der Waals surface area contributed by atoms with Crippen LogP contribution in [0.1, 0.15) is 0 Å². The third-order valence-electron chi connectivity index (χ3n) is 1.98. The molecule has 3 nitrogen and oxygen atoms in total. The van der Waals surface area contributed by atoms with Gasteiger partial charge in [-0.2, -0.15) is 0 Å². The highest BCUT2D eigenvalue weighted by Gasteiger charge is 2.43. The van der Waals surface area contributed by atoms with Crippen molar-refractivity contribution in [3.63, 3.8) is 0 Å². The molecule has 1 aromatic carbocycles. The summed E-state index contributed by atoms with van der Waals surface area (Å²) in [5, 5.41) is 3.29. The third-order valence-corrected chi connectivity index (χ3v) is 2.60. The van der Waals surface area contributed by atoms with Crippen LogP contribution in [0.25, 0.3) is 0 Å². The fraction of sp³-hybridized carbons (Fsp3) is 0.200.